The van der Waals surface area contributed by atoms with Crippen molar-refractivity contribution in [2.75, 3.05) is 12.4 Å². The first-order valence-corrected chi connectivity index (χ1v) is 8.03. The summed E-state index contributed by atoms with van der Waals surface area (Å²) in [6.45, 7) is 4.30. The summed E-state index contributed by atoms with van der Waals surface area (Å²) < 4.78 is 10.4. The van der Waals surface area contributed by atoms with Crippen LogP contribution in [0.4, 0.5) is 0 Å². The molecule has 118 valence electrons. The number of esters is 1. The van der Waals surface area contributed by atoms with Gasteiger partial charge in [0.05, 0.1) is 12.4 Å². The summed E-state index contributed by atoms with van der Waals surface area (Å²) in [4.78, 5) is 15.5. The van der Waals surface area contributed by atoms with Crippen LogP contribution < -0.4 is 4.74 Å². The highest BCUT2D eigenvalue weighted by atomic mass is 35.5. The Morgan fingerprint density at radius 2 is 2.27 bits per heavy atom. The average Bonchev–Trinajstić information content (AvgIpc) is 2.95. The standard InChI is InChI=1S/C14H16ClN3O3S/c1-3-20-13(19)8-22-14-16-12(17-18-14)7-21-10-4-5-11(15)9(2)6-10/h4-6H,3,7-8H2,1-2H3,(H,16,17,18). The molecule has 0 atom stereocenters. The number of aromatic nitrogens is 3. The maximum Gasteiger partial charge on any atom is 0.316 e. The molecule has 0 bridgehead atoms. The molecule has 0 saturated heterocycles. The Morgan fingerprint density at radius 1 is 1.45 bits per heavy atom. The highest BCUT2D eigenvalue weighted by Crippen LogP contribution is 2.21. The number of nitrogens with zero attached hydrogens (tertiary/aromatic N) is 2. The van der Waals surface area contributed by atoms with E-state index in [1.54, 1.807) is 19.1 Å². The molecule has 1 aromatic heterocycles. The molecule has 0 spiro atoms. The van der Waals surface area contributed by atoms with Gasteiger partial charge in [-0.15, -0.1) is 5.10 Å². The predicted molar refractivity (Wildman–Crippen MR) is 84.3 cm³/mol. The van der Waals surface area contributed by atoms with Crippen molar-refractivity contribution in [2.24, 2.45) is 0 Å². The van der Waals surface area contributed by atoms with E-state index in [9.17, 15) is 4.79 Å². The van der Waals surface area contributed by atoms with Crippen molar-refractivity contribution < 1.29 is 14.3 Å². The number of rotatable bonds is 7. The second-order valence-electron chi connectivity index (χ2n) is 4.36. The van der Waals surface area contributed by atoms with Crippen LogP contribution in [0, 0.1) is 6.92 Å². The number of hydrogen-bond acceptors (Lipinski definition) is 6. The van der Waals surface area contributed by atoms with Crippen LogP contribution in [-0.2, 0) is 16.1 Å². The van der Waals surface area contributed by atoms with E-state index in [2.05, 4.69) is 15.2 Å². The molecule has 0 aliphatic rings. The van der Waals surface area contributed by atoms with Gasteiger partial charge in [0.2, 0.25) is 5.16 Å². The van der Waals surface area contributed by atoms with Gasteiger partial charge in [0.1, 0.15) is 12.4 Å². The lowest BCUT2D eigenvalue weighted by atomic mass is 10.2. The molecule has 1 aromatic carbocycles. The summed E-state index contributed by atoms with van der Waals surface area (Å²) in [7, 11) is 0. The van der Waals surface area contributed by atoms with Gasteiger partial charge in [-0.25, -0.2) is 4.98 Å². The van der Waals surface area contributed by atoms with Gasteiger partial charge >= 0.3 is 5.97 Å². The maximum absolute atomic E-state index is 11.2. The molecule has 22 heavy (non-hydrogen) atoms. The Hall–Kier alpha value is -1.73. The third-order valence-corrected chi connectivity index (χ3v) is 3.89. The van der Waals surface area contributed by atoms with E-state index in [0.717, 1.165) is 5.56 Å². The first kappa shape index (κ1) is 16.6. The van der Waals surface area contributed by atoms with Crippen LogP contribution in [-0.4, -0.2) is 33.5 Å². The largest absolute Gasteiger partial charge is 0.486 e. The fraction of sp³-hybridized carbons (Fsp3) is 0.357. The van der Waals surface area contributed by atoms with Crippen LogP contribution in [0.3, 0.4) is 0 Å². The zero-order valence-corrected chi connectivity index (χ0v) is 13.8. The Morgan fingerprint density at radius 3 is 3.00 bits per heavy atom. The lowest BCUT2D eigenvalue weighted by molar-refractivity contribution is -0.139. The normalized spacial score (nSPS) is 10.5. The monoisotopic (exact) mass is 341 g/mol. The third-order valence-electron chi connectivity index (χ3n) is 2.64. The second-order valence-corrected chi connectivity index (χ2v) is 5.71. The number of carbonyl (C=O) groups is 1. The Kier molecular flexibility index (Phi) is 6.09. The average molecular weight is 342 g/mol. The van der Waals surface area contributed by atoms with Crippen molar-refractivity contribution >= 4 is 29.3 Å². The number of hydrogen-bond donors (Lipinski definition) is 1. The van der Waals surface area contributed by atoms with Crippen LogP contribution >= 0.6 is 23.4 Å². The zero-order chi connectivity index (χ0) is 15.9. The summed E-state index contributed by atoms with van der Waals surface area (Å²) >= 11 is 7.17. The van der Waals surface area contributed by atoms with E-state index in [-0.39, 0.29) is 18.3 Å². The molecule has 1 N–H and O–H groups in total. The van der Waals surface area contributed by atoms with Crippen molar-refractivity contribution in [3.63, 3.8) is 0 Å². The molecule has 0 saturated carbocycles. The second kappa shape index (κ2) is 8.05. The lowest BCUT2D eigenvalue weighted by Gasteiger charge is -2.05. The number of benzene rings is 1. The first-order chi connectivity index (χ1) is 10.6. The lowest BCUT2D eigenvalue weighted by Crippen LogP contribution is -2.06. The smallest absolute Gasteiger partial charge is 0.316 e. The highest BCUT2D eigenvalue weighted by Gasteiger charge is 2.09. The van der Waals surface area contributed by atoms with Gasteiger partial charge in [-0.05, 0) is 37.6 Å². The molecule has 0 aliphatic carbocycles. The van der Waals surface area contributed by atoms with Crippen molar-refractivity contribution in [1.82, 2.24) is 15.2 Å². The summed E-state index contributed by atoms with van der Waals surface area (Å²) in [6.07, 6.45) is 0. The minimum atomic E-state index is -0.285. The van der Waals surface area contributed by atoms with Gasteiger partial charge in [-0.2, -0.15) is 0 Å². The van der Waals surface area contributed by atoms with Gasteiger partial charge in [0, 0.05) is 5.02 Å². The molecule has 8 heteroatoms. The topological polar surface area (TPSA) is 77.1 Å². The van der Waals surface area contributed by atoms with Crippen LogP contribution in [0.1, 0.15) is 18.3 Å². The van der Waals surface area contributed by atoms with Gasteiger partial charge in [0.25, 0.3) is 0 Å². The number of halogens is 1. The fourth-order valence-corrected chi connectivity index (χ4v) is 2.32. The fourth-order valence-electron chi connectivity index (χ4n) is 1.59. The molecule has 0 fully saturated rings. The van der Waals surface area contributed by atoms with E-state index in [1.165, 1.54) is 11.8 Å². The van der Waals surface area contributed by atoms with Crippen LogP contribution in [0.5, 0.6) is 5.75 Å². The first-order valence-electron chi connectivity index (χ1n) is 6.67. The summed E-state index contributed by atoms with van der Waals surface area (Å²) in [5.74, 6) is 1.19. The third kappa shape index (κ3) is 4.92. The van der Waals surface area contributed by atoms with E-state index in [0.29, 0.717) is 28.4 Å². The van der Waals surface area contributed by atoms with Gasteiger partial charge in [0.15, 0.2) is 5.82 Å². The maximum atomic E-state index is 11.2. The molecule has 0 aliphatic heterocycles. The molecule has 1 heterocycles. The quantitative estimate of drug-likeness (QED) is 0.616. The minimum absolute atomic E-state index is 0.183. The number of nitrogens with one attached hydrogen (secondary N) is 1. The van der Waals surface area contributed by atoms with Crippen LogP contribution in [0.15, 0.2) is 23.4 Å². The van der Waals surface area contributed by atoms with E-state index >= 15 is 0 Å². The van der Waals surface area contributed by atoms with Gasteiger partial charge in [-0.1, -0.05) is 23.4 Å². The molecule has 2 aromatic rings. The van der Waals surface area contributed by atoms with Gasteiger partial charge < -0.3 is 9.47 Å². The molecule has 2 rings (SSSR count). The van der Waals surface area contributed by atoms with Crippen LogP contribution in [0.2, 0.25) is 5.02 Å². The van der Waals surface area contributed by atoms with Crippen molar-refractivity contribution in [2.45, 2.75) is 25.6 Å². The number of aromatic amines is 1. The van der Waals surface area contributed by atoms with Crippen LogP contribution in [0.25, 0.3) is 0 Å². The van der Waals surface area contributed by atoms with E-state index < -0.39 is 0 Å². The molecule has 0 unspecified atom stereocenters. The SMILES string of the molecule is CCOC(=O)CSc1n[nH]c(COc2ccc(Cl)c(C)c2)n1. The Labute approximate surface area is 137 Å². The number of H-pyrrole nitrogens is 1. The number of thioether (sulfide) groups is 1. The molecular weight excluding hydrogens is 326 g/mol. The summed E-state index contributed by atoms with van der Waals surface area (Å²) in [5.41, 5.74) is 0.947. The zero-order valence-electron chi connectivity index (χ0n) is 12.3. The Bertz CT molecular complexity index is 648. The number of aryl methyl sites for hydroxylation is 1. The minimum Gasteiger partial charge on any atom is -0.486 e. The molecular formula is C14H16ClN3O3S. The van der Waals surface area contributed by atoms with Crippen molar-refractivity contribution in [1.29, 1.82) is 0 Å². The summed E-state index contributed by atoms with van der Waals surface area (Å²) in [6, 6.07) is 5.43. The van der Waals surface area contributed by atoms with Crippen molar-refractivity contribution in [3.05, 3.63) is 34.6 Å². The molecule has 0 amide bonds. The predicted octanol–water partition coefficient (Wildman–Crippen LogP) is 3.00. The summed E-state index contributed by atoms with van der Waals surface area (Å²) in [5, 5.41) is 7.97. The van der Waals surface area contributed by atoms with E-state index in [1.807, 2.05) is 13.0 Å². The van der Waals surface area contributed by atoms with Gasteiger partial charge in [-0.3, -0.25) is 9.89 Å². The highest BCUT2D eigenvalue weighted by molar-refractivity contribution is 7.99. The number of ether oxygens (including phenoxy) is 2. The molecule has 6 nitrogen and oxygen atoms in total. The molecule has 0 radical (unpaired) electrons. The van der Waals surface area contributed by atoms with E-state index in [4.69, 9.17) is 21.1 Å². The number of carbonyl (C=O) groups excluding carboxylic acids is 1. The van der Waals surface area contributed by atoms with Crippen molar-refractivity contribution in [3.8, 4) is 5.75 Å². The Balaban J connectivity index is 1.84.